The van der Waals surface area contributed by atoms with Crippen LogP contribution >= 0.6 is 11.8 Å². The van der Waals surface area contributed by atoms with E-state index in [9.17, 15) is 4.79 Å². The van der Waals surface area contributed by atoms with Crippen molar-refractivity contribution >= 4 is 23.4 Å². The summed E-state index contributed by atoms with van der Waals surface area (Å²) in [7, 11) is 0. The molecule has 4 aromatic rings. The summed E-state index contributed by atoms with van der Waals surface area (Å²) in [6.45, 7) is 2.57. The molecule has 1 heterocycles. The van der Waals surface area contributed by atoms with Gasteiger partial charge in [0.15, 0.2) is 5.16 Å². The first-order valence-corrected chi connectivity index (χ1v) is 10.7. The fourth-order valence-electron chi connectivity index (χ4n) is 3.11. The van der Waals surface area contributed by atoms with Gasteiger partial charge in [-0.3, -0.25) is 9.36 Å². The van der Waals surface area contributed by atoms with Gasteiger partial charge in [-0.15, -0.1) is 10.2 Å². The summed E-state index contributed by atoms with van der Waals surface area (Å²) in [5.74, 6) is 0.292. The van der Waals surface area contributed by atoms with Crippen LogP contribution in [0.15, 0.2) is 96.4 Å². The summed E-state index contributed by atoms with van der Waals surface area (Å²) in [6, 6.07) is 27.9. The molecule has 0 aliphatic carbocycles. The van der Waals surface area contributed by atoms with Crippen LogP contribution in [0.25, 0.3) is 5.69 Å². The Kier molecular flexibility index (Phi) is 6.25. The number of benzene rings is 3. The minimum Gasteiger partial charge on any atom is -0.307 e. The number of aryl methyl sites for hydroxylation is 1. The van der Waals surface area contributed by atoms with Gasteiger partial charge in [-0.05, 0) is 36.8 Å². The summed E-state index contributed by atoms with van der Waals surface area (Å²) in [6.07, 6.45) is 1.68. The number of carbonyl (C=O) groups excluding carboxylic acids is 1. The van der Waals surface area contributed by atoms with E-state index >= 15 is 0 Å². The normalized spacial score (nSPS) is 10.7. The molecular weight excluding hydrogens is 392 g/mol. The number of nitrogens with zero attached hydrogens (tertiary/aromatic N) is 4. The summed E-state index contributed by atoms with van der Waals surface area (Å²) in [4.78, 5) is 15.0. The van der Waals surface area contributed by atoms with E-state index in [0.29, 0.717) is 11.7 Å². The molecule has 0 unspecified atom stereocenters. The van der Waals surface area contributed by atoms with Gasteiger partial charge in [0.05, 0.1) is 12.3 Å². The fraction of sp³-hybridized carbons (Fsp3) is 0.125. The van der Waals surface area contributed by atoms with Crippen molar-refractivity contribution in [3.63, 3.8) is 0 Å². The topological polar surface area (TPSA) is 51.0 Å². The highest BCUT2D eigenvalue weighted by Gasteiger charge is 2.18. The summed E-state index contributed by atoms with van der Waals surface area (Å²) in [5, 5.41) is 8.94. The molecule has 1 amide bonds. The first kappa shape index (κ1) is 19.9. The van der Waals surface area contributed by atoms with Gasteiger partial charge in [-0.1, -0.05) is 78.0 Å². The van der Waals surface area contributed by atoms with Crippen LogP contribution in [-0.2, 0) is 11.3 Å². The first-order chi connectivity index (χ1) is 14.7. The SMILES string of the molecule is Cc1ccc(-n2cnnc2SCC(=O)N(Cc2ccccc2)c2ccccc2)cc1. The van der Waals surface area contributed by atoms with E-state index in [0.717, 1.165) is 16.9 Å². The molecule has 150 valence electrons. The zero-order valence-corrected chi connectivity index (χ0v) is 17.5. The van der Waals surface area contributed by atoms with Crippen LogP contribution in [0.2, 0.25) is 0 Å². The predicted molar refractivity (Wildman–Crippen MR) is 121 cm³/mol. The highest BCUT2D eigenvalue weighted by molar-refractivity contribution is 7.99. The molecule has 0 fully saturated rings. The van der Waals surface area contributed by atoms with Gasteiger partial charge in [-0.2, -0.15) is 0 Å². The van der Waals surface area contributed by atoms with E-state index in [4.69, 9.17) is 0 Å². The Labute approximate surface area is 180 Å². The number of hydrogen-bond donors (Lipinski definition) is 0. The van der Waals surface area contributed by atoms with Crippen molar-refractivity contribution in [3.8, 4) is 5.69 Å². The second-order valence-corrected chi connectivity index (χ2v) is 7.85. The first-order valence-electron chi connectivity index (χ1n) is 9.70. The lowest BCUT2D eigenvalue weighted by Crippen LogP contribution is -2.32. The second-order valence-electron chi connectivity index (χ2n) is 6.91. The Morgan fingerprint density at radius 2 is 1.60 bits per heavy atom. The smallest absolute Gasteiger partial charge is 0.237 e. The molecule has 0 atom stereocenters. The van der Waals surface area contributed by atoms with Gasteiger partial charge in [0.1, 0.15) is 6.33 Å². The van der Waals surface area contributed by atoms with Gasteiger partial charge in [0, 0.05) is 11.4 Å². The molecule has 0 bridgehead atoms. The van der Waals surface area contributed by atoms with Gasteiger partial charge in [0.2, 0.25) is 5.91 Å². The van der Waals surface area contributed by atoms with Crippen molar-refractivity contribution in [1.82, 2.24) is 14.8 Å². The van der Waals surface area contributed by atoms with Crippen molar-refractivity contribution in [2.45, 2.75) is 18.6 Å². The van der Waals surface area contributed by atoms with Crippen LogP contribution in [0.4, 0.5) is 5.69 Å². The number of anilines is 1. The van der Waals surface area contributed by atoms with E-state index in [1.165, 1.54) is 17.3 Å². The van der Waals surface area contributed by atoms with Crippen molar-refractivity contribution in [2.24, 2.45) is 0 Å². The van der Waals surface area contributed by atoms with Gasteiger partial charge in [0.25, 0.3) is 0 Å². The highest BCUT2D eigenvalue weighted by atomic mass is 32.2. The Balaban J connectivity index is 1.51. The summed E-state index contributed by atoms with van der Waals surface area (Å²) < 4.78 is 1.90. The lowest BCUT2D eigenvalue weighted by molar-refractivity contribution is -0.116. The third-order valence-electron chi connectivity index (χ3n) is 4.71. The summed E-state index contributed by atoms with van der Waals surface area (Å²) >= 11 is 1.39. The van der Waals surface area contributed by atoms with Gasteiger partial charge in [-0.25, -0.2) is 0 Å². The second kappa shape index (κ2) is 9.41. The van der Waals surface area contributed by atoms with E-state index in [1.807, 2.05) is 94.4 Å². The van der Waals surface area contributed by atoms with Crippen LogP contribution < -0.4 is 4.90 Å². The molecule has 30 heavy (non-hydrogen) atoms. The van der Waals surface area contributed by atoms with E-state index in [1.54, 1.807) is 6.33 Å². The zero-order chi connectivity index (χ0) is 20.8. The molecule has 1 aromatic heterocycles. The largest absolute Gasteiger partial charge is 0.307 e. The van der Waals surface area contributed by atoms with Crippen molar-refractivity contribution in [1.29, 1.82) is 0 Å². The Morgan fingerprint density at radius 1 is 0.933 bits per heavy atom. The molecule has 0 aliphatic heterocycles. The molecule has 0 aliphatic rings. The molecule has 0 saturated heterocycles. The molecule has 6 heteroatoms. The minimum atomic E-state index is 0.0218. The van der Waals surface area contributed by atoms with Gasteiger partial charge < -0.3 is 4.90 Å². The van der Waals surface area contributed by atoms with Crippen LogP contribution in [0.3, 0.4) is 0 Å². The maximum atomic E-state index is 13.2. The molecule has 0 spiro atoms. The maximum absolute atomic E-state index is 13.2. The van der Waals surface area contributed by atoms with E-state index < -0.39 is 0 Å². The molecule has 0 saturated carbocycles. The fourth-order valence-corrected chi connectivity index (χ4v) is 3.91. The Bertz CT molecular complexity index is 1100. The standard InChI is InChI=1S/C24H22N4OS/c1-19-12-14-22(15-13-19)28-18-25-26-24(28)30-17-23(29)27(21-10-6-3-7-11-21)16-20-8-4-2-5-9-20/h2-15,18H,16-17H2,1H3. The molecule has 5 nitrogen and oxygen atoms in total. The average Bonchev–Trinajstić information content (AvgIpc) is 3.26. The lowest BCUT2D eigenvalue weighted by Gasteiger charge is -2.23. The number of para-hydroxylation sites is 1. The highest BCUT2D eigenvalue weighted by Crippen LogP contribution is 2.23. The monoisotopic (exact) mass is 414 g/mol. The molecular formula is C24H22N4OS. The van der Waals surface area contributed by atoms with Crippen molar-refractivity contribution in [2.75, 3.05) is 10.7 Å². The van der Waals surface area contributed by atoms with Crippen LogP contribution in [-0.4, -0.2) is 26.4 Å². The maximum Gasteiger partial charge on any atom is 0.237 e. The number of amides is 1. The number of hydrogen-bond acceptors (Lipinski definition) is 4. The number of thioether (sulfide) groups is 1. The molecule has 4 rings (SSSR count). The minimum absolute atomic E-state index is 0.0218. The number of aromatic nitrogens is 3. The molecule has 0 radical (unpaired) electrons. The summed E-state index contributed by atoms with van der Waals surface area (Å²) in [5.41, 5.74) is 4.13. The average molecular weight is 415 g/mol. The predicted octanol–water partition coefficient (Wildman–Crippen LogP) is 4.90. The van der Waals surface area contributed by atoms with Crippen LogP contribution in [0.5, 0.6) is 0 Å². The quantitative estimate of drug-likeness (QED) is 0.404. The van der Waals surface area contributed by atoms with E-state index in [-0.39, 0.29) is 11.7 Å². The Hall–Kier alpha value is -3.38. The number of rotatable bonds is 7. The van der Waals surface area contributed by atoms with Crippen molar-refractivity contribution < 1.29 is 4.79 Å². The van der Waals surface area contributed by atoms with Crippen LogP contribution in [0.1, 0.15) is 11.1 Å². The number of carbonyl (C=O) groups is 1. The van der Waals surface area contributed by atoms with E-state index in [2.05, 4.69) is 17.1 Å². The van der Waals surface area contributed by atoms with Crippen LogP contribution in [0, 0.1) is 6.92 Å². The van der Waals surface area contributed by atoms with Gasteiger partial charge >= 0.3 is 0 Å². The third kappa shape index (κ3) is 4.78. The zero-order valence-electron chi connectivity index (χ0n) is 16.7. The lowest BCUT2D eigenvalue weighted by atomic mass is 10.2. The van der Waals surface area contributed by atoms with Crippen molar-refractivity contribution in [3.05, 3.63) is 102 Å². The Morgan fingerprint density at radius 3 is 2.30 bits per heavy atom. The third-order valence-corrected chi connectivity index (χ3v) is 5.63. The molecule has 0 N–H and O–H groups in total. The molecule has 3 aromatic carbocycles.